The van der Waals surface area contributed by atoms with Crippen LogP contribution in [0, 0.1) is 0 Å². The van der Waals surface area contributed by atoms with E-state index in [0.717, 1.165) is 50.1 Å². The van der Waals surface area contributed by atoms with Crippen molar-refractivity contribution in [3.63, 3.8) is 0 Å². The van der Waals surface area contributed by atoms with Gasteiger partial charge < -0.3 is 9.32 Å². The van der Waals surface area contributed by atoms with Gasteiger partial charge in [-0.15, -0.1) is 0 Å². The van der Waals surface area contributed by atoms with Gasteiger partial charge >= 0.3 is 0 Å². The molecule has 1 aromatic heterocycles. The van der Waals surface area contributed by atoms with Crippen LogP contribution < -0.4 is 4.90 Å². The number of nitrogens with zero attached hydrogens (tertiary/aromatic N) is 1. The number of furan rings is 1. The number of fused-ring (bicyclic) bond motifs is 11. The quantitative estimate of drug-likeness (QED) is 0.173. The Balaban J connectivity index is 1.12. The fourth-order valence-electron chi connectivity index (χ4n) is 10.6. The first-order valence-corrected chi connectivity index (χ1v) is 21.1. The second kappa shape index (κ2) is 12.7. The first-order chi connectivity index (χ1) is 29.3. The van der Waals surface area contributed by atoms with Gasteiger partial charge in [-0.05, 0) is 114 Å². The lowest BCUT2D eigenvalue weighted by Crippen LogP contribution is -2.18. The number of anilines is 3. The predicted molar refractivity (Wildman–Crippen MR) is 252 cm³/mol. The van der Waals surface area contributed by atoms with Crippen molar-refractivity contribution in [2.75, 3.05) is 4.90 Å². The summed E-state index contributed by atoms with van der Waals surface area (Å²) in [5, 5.41) is 4.61. The van der Waals surface area contributed by atoms with E-state index in [1.54, 1.807) is 0 Å². The molecule has 0 atom stereocenters. The summed E-state index contributed by atoms with van der Waals surface area (Å²) in [5.74, 6) is 0. The van der Waals surface area contributed by atoms with E-state index in [9.17, 15) is 0 Å². The summed E-state index contributed by atoms with van der Waals surface area (Å²) in [5.41, 5.74) is 20.1. The van der Waals surface area contributed by atoms with Crippen LogP contribution >= 0.6 is 0 Å². The lowest BCUT2D eigenvalue weighted by atomic mass is 9.82. The van der Waals surface area contributed by atoms with Gasteiger partial charge in [0, 0.05) is 33.2 Å². The lowest BCUT2D eigenvalue weighted by Gasteiger charge is -2.30. The minimum atomic E-state index is -0.148. The number of rotatable bonds is 5. The van der Waals surface area contributed by atoms with Crippen molar-refractivity contribution in [3.05, 3.63) is 210 Å². The minimum absolute atomic E-state index is 0.148. The summed E-state index contributed by atoms with van der Waals surface area (Å²) in [6.07, 6.45) is 0. The Hall–Kier alpha value is -7.16. The van der Waals surface area contributed by atoms with Crippen molar-refractivity contribution in [1.82, 2.24) is 0 Å². The highest BCUT2D eigenvalue weighted by Gasteiger charge is 2.38. The molecular weight excluding hydrogens is 727 g/mol. The molecule has 2 heteroatoms. The zero-order valence-corrected chi connectivity index (χ0v) is 34.3. The standard InChI is InChI=1S/C58H43NO/c1-57(2)48-21-12-10-19-43(48)45-31-29-40(34-50(45)57)59(41-30-32-46-44-20-11-13-22-49(44)58(3,4)51(46)35-41)52-23-14-24-53-55(52)54-42-18-9-8-17-39(42)33-47(56(54)60-53)38-27-25-37(26-28-38)36-15-6-5-7-16-36/h5-35H,1-4H3. The summed E-state index contributed by atoms with van der Waals surface area (Å²) < 4.78 is 7.10. The maximum Gasteiger partial charge on any atom is 0.143 e. The molecule has 0 spiro atoms. The molecule has 12 rings (SSSR count). The van der Waals surface area contributed by atoms with Crippen LogP contribution in [0.3, 0.4) is 0 Å². The number of hydrogen-bond acceptors (Lipinski definition) is 2. The Morgan fingerprint density at radius 1 is 0.383 bits per heavy atom. The Morgan fingerprint density at radius 3 is 1.57 bits per heavy atom. The highest BCUT2D eigenvalue weighted by molar-refractivity contribution is 6.26. The molecule has 1 heterocycles. The molecule has 0 saturated carbocycles. The van der Waals surface area contributed by atoms with Gasteiger partial charge in [0.15, 0.2) is 0 Å². The molecule has 2 aliphatic rings. The fourth-order valence-corrected chi connectivity index (χ4v) is 10.6. The van der Waals surface area contributed by atoms with Crippen LogP contribution in [0.25, 0.3) is 77.2 Å². The van der Waals surface area contributed by atoms with E-state index in [0.29, 0.717) is 0 Å². The molecule has 0 aliphatic heterocycles. The Morgan fingerprint density at radius 2 is 0.917 bits per heavy atom. The summed E-state index contributed by atoms with van der Waals surface area (Å²) in [7, 11) is 0. The van der Waals surface area contributed by atoms with E-state index < -0.39 is 0 Å². The highest BCUT2D eigenvalue weighted by Crippen LogP contribution is 2.54. The van der Waals surface area contributed by atoms with Gasteiger partial charge in [0.2, 0.25) is 0 Å². The van der Waals surface area contributed by atoms with Crippen molar-refractivity contribution >= 4 is 49.8 Å². The van der Waals surface area contributed by atoms with E-state index >= 15 is 0 Å². The first-order valence-electron chi connectivity index (χ1n) is 21.1. The van der Waals surface area contributed by atoms with Crippen LogP contribution in [-0.2, 0) is 10.8 Å². The van der Waals surface area contributed by atoms with Gasteiger partial charge in [-0.25, -0.2) is 0 Å². The average Bonchev–Trinajstić information content (AvgIpc) is 3.87. The third-order valence-corrected chi connectivity index (χ3v) is 13.7. The van der Waals surface area contributed by atoms with Gasteiger partial charge in [0.1, 0.15) is 11.2 Å². The van der Waals surface area contributed by atoms with Crippen molar-refractivity contribution in [3.8, 4) is 44.5 Å². The number of hydrogen-bond donors (Lipinski definition) is 0. The van der Waals surface area contributed by atoms with E-state index in [-0.39, 0.29) is 10.8 Å². The summed E-state index contributed by atoms with van der Waals surface area (Å²) in [6.45, 7) is 9.47. The molecule has 286 valence electrons. The van der Waals surface area contributed by atoms with Crippen molar-refractivity contribution < 1.29 is 4.42 Å². The van der Waals surface area contributed by atoms with E-state index in [2.05, 4.69) is 221 Å². The first kappa shape index (κ1) is 34.8. The molecular formula is C58H43NO. The van der Waals surface area contributed by atoms with Crippen molar-refractivity contribution in [2.24, 2.45) is 0 Å². The predicted octanol–water partition coefficient (Wildman–Crippen LogP) is 16.2. The molecule has 0 N–H and O–H groups in total. The van der Waals surface area contributed by atoms with Gasteiger partial charge in [-0.2, -0.15) is 0 Å². The van der Waals surface area contributed by atoms with Crippen LogP contribution in [-0.4, -0.2) is 0 Å². The zero-order valence-electron chi connectivity index (χ0n) is 34.3. The van der Waals surface area contributed by atoms with Crippen LogP contribution in [0.4, 0.5) is 17.1 Å². The largest absolute Gasteiger partial charge is 0.455 e. The van der Waals surface area contributed by atoms with Gasteiger partial charge in [0.05, 0.1) is 11.1 Å². The Kier molecular flexibility index (Phi) is 7.36. The third kappa shape index (κ3) is 4.94. The van der Waals surface area contributed by atoms with Crippen molar-refractivity contribution in [1.29, 1.82) is 0 Å². The van der Waals surface area contributed by atoms with Crippen LogP contribution in [0.2, 0.25) is 0 Å². The summed E-state index contributed by atoms with van der Waals surface area (Å²) in [6, 6.07) is 69.2. The zero-order chi connectivity index (χ0) is 40.3. The van der Waals surface area contributed by atoms with Crippen LogP contribution in [0.15, 0.2) is 192 Å². The molecule has 60 heavy (non-hydrogen) atoms. The smallest absolute Gasteiger partial charge is 0.143 e. The normalized spacial score (nSPS) is 14.3. The van der Waals surface area contributed by atoms with E-state index in [1.165, 1.54) is 66.4 Å². The molecule has 9 aromatic carbocycles. The molecule has 2 nitrogen and oxygen atoms in total. The maximum absolute atomic E-state index is 7.10. The minimum Gasteiger partial charge on any atom is -0.455 e. The summed E-state index contributed by atoms with van der Waals surface area (Å²) >= 11 is 0. The molecule has 0 saturated heterocycles. The molecule has 0 fully saturated rings. The fraction of sp³-hybridized carbons (Fsp3) is 0.103. The van der Waals surface area contributed by atoms with Gasteiger partial charge in [-0.1, -0.05) is 173 Å². The molecule has 2 aliphatic carbocycles. The van der Waals surface area contributed by atoms with Crippen LogP contribution in [0.1, 0.15) is 49.9 Å². The van der Waals surface area contributed by atoms with E-state index in [4.69, 9.17) is 4.42 Å². The molecule has 0 amide bonds. The average molecular weight is 770 g/mol. The molecule has 10 aromatic rings. The van der Waals surface area contributed by atoms with Gasteiger partial charge in [0.25, 0.3) is 0 Å². The number of benzene rings is 9. The molecule has 0 bridgehead atoms. The van der Waals surface area contributed by atoms with Crippen LogP contribution in [0.5, 0.6) is 0 Å². The van der Waals surface area contributed by atoms with Crippen molar-refractivity contribution in [2.45, 2.75) is 38.5 Å². The molecule has 0 radical (unpaired) electrons. The highest BCUT2D eigenvalue weighted by atomic mass is 16.3. The third-order valence-electron chi connectivity index (χ3n) is 13.7. The molecule has 0 unspecified atom stereocenters. The summed E-state index contributed by atoms with van der Waals surface area (Å²) in [4.78, 5) is 2.49. The second-order valence-corrected chi connectivity index (χ2v) is 17.7. The lowest BCUT2D eigenvalue weighted by molar-refractivity contribution is 0.660. The maximum atomic E-state index is 7.10. The second-order valence-electron chi connectivity index (χ2n) is 17.7. The SMILES string of the molecule is CC1(C)c2ccccc2-c2ccc(N(c3ccc4c(c3)C(C)(C)c3ccccc3-4)c3cccc4oc5c(-c6ccc(-c7ccccc7)cc6)cc6ccccc6c5c34)cc21. The topological polar surface area (TPSA) is 16.4 Å². The van der Waals surface area contributed by atoms with E-state index in [1.807, 2.05) is 0 Å². The Labute approximate surface area is 351 Å². The monoisotopic (exact) mass is 769 g/mol. The Bertz CT molecular complexity index is 3260. The van der Waals surface area contributed by atoms with Gasteiger partial charge in [-0.3, -0.25) is 0 Å².